The SMILES string of the molecule is COc1cc(C=NNC(=O)C(=O)Nc2sc3c(c2C#N)CCCC3)ccc1OC(=O)c1ccc(C)cc1. The Bertz CT molecular complexity index is 1420. The van der Waals surface area contributed by atoms with E-state index >= 15 is 0 Å². The number of hydrogen-bond acceptors (Lipinski definition) is 8. The summed E-state index contributed by atoms with van der Waals surface area (Å²) in [7, 11) is 1.43. The van der Waals surface area contributed by atoms with Gasteiger partial charge < -0.3 is 14.8 Å². The third kappa shape index (κ3) is 6.02. The molecule has 0 unspecified atom stereocenters. The number of hydrogen-bond donors (Lipinski definition) is 2. The second-order valence-electron chi connectivity index (χ2n) is 8.35. The fraction of sp³-hybridized carbons (Fsp3) is 0.222. The Hall–Kier alpha value is -4.49. The minimum absolute atomic E-state index is 0.223. The van der Waals surface area contributed by atoms with E-state index in [9.17, 15) is 19.6 Å². The van der Waals surface area contributed by atoms with Crippen LogP contribution in [-0.4, -0.2) is 31.1 Å². The van der Waals surface area contributed by atoms with Crippen molar-refractivity contribution >= 4 is 40.3 Å². The number of aryl methyl sites for hydroxylation is 2. The number of esters is 1. The minimum atomic E-state index is -0.970. The van der Waals surface area contributed by atoms with Gasteiger partial charge in [-0.3, -0.25) is 9.59 Å². The van der Waals surface area contributed by atoms with E-state index in [2.05, 4.69) is 21.9 Å². The number of ether oxygens (including phenoxy) is 2. The Kier molecular flexibility index (Phi) is 7.95. The Morgan fingerprint density at radius 1 is 1.05 bits per heavy atom. The molecule has 3 aromatic rings. The summed E-state index contributed by atoms with van der Waals surface area (Å²) in [4.78, 5) is 38.1. The predicted octanol–water partition coefficient (Wildman–Crippen LogP) is 4.12. The number of benzene rings is 2. The average molecular weight is 517 g/mol. The standard InChI is InChI=1S/C27H24N4O5S/c1-16-7-10-18(11-8-16)27(34)36-21-12-9-17(13-22(21)35-2)15-29-31-25(33)24(32)30-26-20(14-28)19-5-3-4-6-23(19)37-26/h7-13,15H,3-6H2,1-2H3,(H,30,32)(H,31,33). The van der Waals surface area contributed by atoms with Crippen molar-refractivity contribution in [3.8, 4) is 17.6 Å². The van der Waals surface area contributed by atoms with Gasteiger partial charge in [0, 0.05) is 4.88 Å². The van der Waals surface area contributed by atoms with Crippen LogP contribution in [0, 0.1) is 18.3 Å². The monoisotopic (exact) mass is 516 g/mol. The zero-order valence-electron chi connectivity index (χ0n) is 20.3. The van der Waals surface area contributed by atoms with Crippen LogP contribution in [0.4, 0.5) is 5.00 Å². The average Bonchev–Trinajstić information content (AvgIpc) is 3.26. The first kappa shape index (κ1) is 25.6. The Morgan fingerprint density at radius 2 is 1.81 bits per heavy atom. The molecule has 0 saturated heterocycles. The van der Waals surface area contributed by atoms with Crippen LogP contribution in [-0.2, 0) is 22.4 Å². The number of anilines is 1. The van der Waals surface area contributed by atoms with Crippen LogP contribution in [0.3, 0.4) is 0 Å². The highest BCUT2D eigenvalue weighted by Gasteiger charge is 2.23. The molecule has 1 heterocycles. The quantitative estimate of drug-likeness (QED) is 0.167. The van der Waals surface area contributed by atoms with Crippen molar-refractivity contribution in [3.05, 3.63) is 75.2 Å². The van der Waals surface area contributed by atoms with Crippen LogP contribution in [0.5, 0.6) is 11.5 Å². The topological polar surface area (TPSA) is 130 Å². The molecule has 1 aliphatic carbocycles. The zero-order chi connectivity index (χ0) is 26.4. The van der Waals surface area contributed by atoms with E-state index < -0.39 is 17.8 Å². The molecule has 0 bridgehead atoms. The number of carbonyl (C=O) groups excluding carboxylic acids is 3. The molecule has 2 N–H and O–H groups in total. The molecular weight excluding hydrogens is 492 g/mol. The number of nitrogens with one attached hydrogen (secondary N) is 2. The van der Waals surface area contributed by atoms with Gasteiger partial charge in [0.25, 0.3) is 0 Å². The number of amides is 2. The summed E-state index contributed by atoms with van der Waals surface area (Å²) in [6.07, 6.45) is 5.04. The first-order valence-electron chi connectivity index (χ1n) is 11.6. The molecule has 0 fully saturated rings. The molecule has 0 atom stereocenters. The highest BCUT2D eigenvalue weighted by Crippen LogP contribution is 2.37. The largest absolute Gasteiger partial charge is 0.493 e. The zero-order valence-corrected chi connectivity index (χ0v) is 21.1. The smallest absolute Gasteiger partial charge is 0.343 e. The second-order valence-corrected chi connectivity index (χ2v) is 9.45. The second kappa shape index (κ2) is 11.5. The van der Waals surface area contributed by atoms with Gasteiger partial charge >= 0.3 is 17.8 Å². The lowest BCUT2D eigenvalue weighted by Gasteiger charge is -2.10. The molecule has 10 heteroatoms. The first-order chi connectivity index (χ1) is 17.9. The molecule has 1 aliphatic rings. The van der Waals surface area contributed by atoms with E-state index in [1.807, 2.05) is 19.1 Å². The van der Waals surface area contributed by atoms with Gasteiger partial charge in [0.15, 0.2) is 11.5 Å². The third-order valence-electron chi connectivity index (χ3n) is 5.77. The van der Waals surface area contributed by atoms with Crippen molar-refractivity contribution in [2.45, 2.75) is 32.6 Å². The highest BCUT2D eigenvalue weighted by molar-refractivity contribution is 7.16. The van der Waals surface area contributed by atoms with Crippen molar-refractivity contribution in [1.82, 2.24) is 5.43 Å². The van der Waals surface area contributed by atoms with Crippen molar-refractivity contribution in [1.29, 1.82) is 5.26 Å². The maximum absolute atomic E-state index is 12.4. The fourth-order valence-corrected chi connectivity index (χ4v) is 5.08. The summed E-state index contributed by atoms with van der Waals surface area (Å²) in [5, 5.41) is 16.2. The van der Waals surface area contributed by atoms with E-state index in [1.165, 1.54) is 24.7 Å². The molecule has 9 nitrogen and oxygen atoms in total. The van der Waals surface area contributed by atoms with E-state index in [1.54, 1.807) is 30.3 Å². The maximum Gasteiger partial charge on any atom is 0.343 e. The highest BCUT2D eigenvalue weighted by atomic mass is 32.1. The summed E-state index contributed by atoms with van der Waals surface area (Å²) in [5.41, 5.74) is 5.54. The first-order valence-corrected chi connectivity index (χ1v) is 12.4. The number of methoxy groups -OCH3 is 1. The molecule has 2 amide bonds. The lowest BCUT2D eigenvalue weighted by Crippen LogP contribution is -2.32. The molecule has 37 heavy (non-hydrogen) atoms. The summed E-state index contributed by atoms with van der Waals surface area (Å²) in [6, 6.07) is 13.9. The predicted molar refractivity (Wildman–Crippen MR) is 139 cm³/mol. The number of nitriles is 1. The number of fused-ring (bicyclic) bond motifs is 1. The number of hydrazone groups is 1. The van der Waals surface area contributed by atoms with Crippen LogP contribution in [0.2, 0.25) is 0 Å². The molecule has 2 aromatic carbocycles. The minimum Gasteiger partial charge on any atom is -0.493 e. The molecule has 0 saturated carbocycles. The number of carbonyl (C=O) groups is 3. The van der Waals surface area contributed by atoms with Crippen molar-refractivity contribution in [2.24, 2.45) is 5.10 Å². The molecule has 0 spiro atoms. The molecular formula is C27H24N4O5S. The van der Waals surface area contributed by atoms with Crippen LogP contribution in [0.25, 0.3) is 0 Å². The molecule has 0 aliphatic heterocycles. The van der Waals surface area contributed by atoms with Gasteiger partial charge in [-0.15, -0.1) is 11.3 Å². The number of nitrogens with zero attached hydrogens (tertiary/aromatic N) is 2. The third-order valence-corrected chi connectivity index (χ3v) is 6.98. The molecule has 188 valence electrons. The number of thiophene rings is 1. The summed E-state index contributed by atoms with van der Waals surface area (Å²) in [6.45, 7) is 1.92. The van der Waals surface area contributed by atoms with Crippen molar-refractivity contribution in [3.63, 3.8) is 0 Å². The Morgan fingerprint density at radius 3 is 2.54 bits per heavy atom. The Labute approximate surface area is 217 Å². The van der Waals surface area contributed by atoms with Gasteiger partial charge in [0.05, 0.1) is 24.5 Å². The molecule has 0 radical (unpaired) electrons. The van der Waals surface area contributed by atoms with Gasteiger partial charge in [-0.2, -0.15) is 10.4 Å². The molecule has 4 rings (SSSR count). The lowest BCUT2D eigenvalue weighted by molar-refractivity contribution is -0.136. The summed E-state index contributed by atoms with van der Waals surface area (Å²) >= 11 is 1.34. The Balaban J connectivity index is 1.37. The van der Waals surface area contributed by atoms with Gasteiger partial charge in [0.2, 0.25) is 0 Å². The van der Waals surface area contributed by atoms with Crippen LogP contribution in [0.15, 0.2) is 47.6 Å². The van der Waals surface area contributed by atoms with Gasteiger partial charge in [0.1, 0.15) is 11.1 Å². The van der Waals surface area contributed by atoms with E-state index in [-0.39, 0.29) is 5.75 Å². The van der Waals surface area contributed by atoms with Crippen molar-refractivity contribution in [2.75, 3.05) is 12.4 Å². The number of rotatable bonds is 6. The van der Waals surface area contributed by atoms with E-state index in [4.69, 9.17) is 9.47 Å². The van der Waals surface area contributed by atoms with Crippen LogP contribution in [0.1, 0.15) is 50.3 Å². The van der Waals surface area contributed by atoms with Crippen LogP contribution < -0.4 is 20.2 Å². The molecule has 1 aromatic heterocycles. The van der Waals surface area contributed by atoms with Gasteiger partial charge in [-0.25, -0.2) is 10.2 Å². The van der Waals surface area contributed by atoms with Gasteiger partial charge in [-0.05, 0) is 74.1 Å². The van der Waals surface area contributed by atoms with Crippen molar-refractivity contribution < 1.29 is 23.9 Å². The fourth-order valence-electron chi connectivity index (χ4n) is 3.85. The van der Waals surface area contributed by atoms with Gasteiger partial charge in [-0.1, -0.05) is 17.7 Å². The maximum atomic E-state index is 12.4. The van der Waals surface area contributed by atoms with E-state index in [0.717, 1.165) is 41.7 Å². The summed E-state index contributed by atoms with van der Waals surface area (Å²) in [5.74, 6) is -1.89. The van der Waals surface area contributed by atoms with E-state index in [0.29, 0.717) is 27.4 Å². The summed E-state index contributed by atoms with van der Waals surface area (Å²) < 4.78 is 10.8. The normalized spacial score (nSPS) is 12.4. The van der Waals surface area contributed by atoms with Crippen LogP contribution >= 0.6 is 11.3 Å². The lowest BCUT2D eigenvalue weighted by atomic mass is 9.96.